The molecule has 0 radical (unpaired) electrons. The molecular formula is C18H21F2N. The molecule has 0 aliphatic rings. The van der Waals surface area contributed by atoms with Crippen LogP contribution < -0.4 is 5.32 Å². The molecule has 2 aromatic rings. The Labute approximate surface area is 125 Å². The molecule has 1 N–H and O–H groups in total. The molecule has 3 heteroatoms. The first-order chi connectivity index (χ1) is 9.97. The average Bonchev–Trinajstić information content (AvgIpc) is 2.46. The van der Waals surface area contributed by atoms with Gasteiger partial charge in [0.1, 0.15) is 11.6 Å². The minimum absolute atomic E-state index is 0.107. The molecule has 21 heavy (non-hydrogen) atoms. The summed E-state index contributed by atoms with van der Waals surface area (Å²) in [6.45, 7) is 6.73. The smallest absolute Gasteiger partial charge is 0.130 e. The zero-order valence-corrected chi connectivity index (χ0v) is 12.7. The molecule has 1 nitrogen and oxygen atoms in total. The standard InChI is InChI=1S/C18H21F2N/c1-12(2)14-4-6-15(7-5-14)13(3)21-11-16-8-9-17(19)10-18(16)20/h4-10,12-13,21H,11H2,1-3H3. The number of nitrogens with one attached hydrogen (secondary N) is 1. The predicted molar refractivity (Wildman–Crippen MR) is 82.1 cm³/mol. The Morgan fingerprint density at radius 1 is 0.905 bits per heavy atom. The number of rotatable bonds is 5. The summed E-state index contributed by atoms with van der Waals surface area (Å²) in [6, 6.07) is 12.2. The fraction of sp³-hybridized carbons (Fsp3) is 0.333. The first-order valence-corrected chi connectivity index (χ1v) is 7.24. The summed E-state index contributed by atoms with van der Waals surface area (Å²) in [5.41, 5.74) is 2.93. The van der Waals surface area contributed by atoms with Gasteiger partial charge >= 0.3 is 0 Å². The van der Waals surface area contributed by atoms with Crippen molar-refractivity contribution in [3.05, 3.63) is 70.8 Å². The molecule has 2 aromatic carbocycles. The second-order valence-corrected chi connectivity index (χ2v) is 5.66. The highest BCUT2D eigenvalue weighted by Crippen LogP contribution is 2.19. The van der Waals surface area contributed by atoms with E-state index in [1.165, 1.54) is 17.7 Å². The van der Waals surface area contributed by atoms with Crippen molar-refractivity contribution in [2.24, 2.45) is 0 Å². The van der Waals surface area contributed by atoms with Crippen molar-refractivity contribution in [3.8, 4) is 0 Å². The molecule has 1 atom stereocenters. The van der Waals surface area contributed by atoms with Crippen LogP contribution in [0.2, 0.25) is 0 Å². The van der Waals surface area contributed by atoms with Crippen molar-refractivity contribution >= 4 is 0 Å². The van der Waals surface area contributed by atoms with Crippen LogP contribution in [0.1, 0.15) is 49.4 Å². The van der Waals surface area contributed by atoms with E-state index < -0.39 is 11.6 Å². The quantitative estimate of drug-likeness (QED) is 0.822. The lowest BCUT2D eigenvalue weighted by atomic mass is 9.99. The molecular weight excluding hydrogens is 268 g/mol. The van der Waals surface area contributed by atoms with Gasteiger partial charge in [-0.2, -0.15) is 0 Å². The van der Waals surface area contributed by atoms with Gasteiger partial charge in [-0.3, -0.25) is 0 Å². The Balaban J connectivity index is 1.99. The molecule has 0 aromatic heterocycles. The number of halogens is 2. The summed E-state index contributed by atoms with van der Waals surface area (Å²) in [7, 11) is 0. The van der Waals surface area contributed by atoms with Crippen LogP contribution in [0.15, 0.2) is 42.5 Å². The molecule has 0 saturated carbocycles. The van der Waals surface area contributed by atoms with Crippen LogP contribution in [-0.4, -0.2) is 0 Å². The Bertz CT molecular complexity index is 591. The van der Waals surface area contributed by atoms with Crippen LogP contribution in [0.5, 0.6) is 0 Å². The van der Waals surface area contributed by atoms with Gasteiger partial charge in [0.05, 0.1) is 0 Å². The van der Waals surface area contributed by atoms with Gasteiger partial charge in [-0.05, 0) is 30.0 Å². The zero-order valence-electron chi connectivity index (χ0n) is 12.7. The zero-order chi connectivity index (χ0) is 15.4. The van der Waals surface area contributed by atoms with Crippen LogP contribution in [0.25, 0.3) is 0 Å². The van der Waals surface area contributed by atoms with Gasteiger partial charge < -0.3 is 5.32 Å². The second-order valence-electron chi connectivity index (χ2n) is 5.66. The summed E-state index contributed by atoms with van der Waals surface area (Å²) in [5.74, 6) is -0.547. The van der Waals surface area contributed by atoms with E-state index in [0.29, 0.717) is 18.0 Å². The van der Waals surface area contributed by atoms with Crippen molar-refractivity contribution in [1.29, 1.82) is 0 Å². The molecule has 0 aliphatic carbocycles. The van der Waals surface area contributed by atoms with Crippen molar-refractivity contribution in [2.75, 3.05) is 0 Å². The van der Waals surface area contributed by atoms with E-state index in [1.807, 2.05) is 6.92 Å². The third-order valence-electron chi connectivity index (χ3n) is 3.72. The van der Waals surface area contributed by atoms with Gasteiger partial charge in [0, 0.05) is 24.2 Å². The van der Waals surface area contributed by atoms with Gasteiger partial charge in [-0.15, -0.1) is 0 Å². The first-order valence-electron chi connectivity index (χ1n) is 7.24. The van der Waals surface area contributed by atoms with Crippen molar-refractivity contribution < 1.29 is 8.78 Å². The van der Waals surface area contributed by atoms with Crippen LogP contribution >= 0.6 is 0 Å². The molecule has 0 aliphatic heterocycles. The molecule has 0 saturated heterocycles. The van der Waals surface area contributed by atoms with Crippen molar-refractivity contribution in [3.63, 3.8) is 0 Å². The van der Waals surface area contributed by atoms with Gasteiger partial charge in [-0.25, -0.2) is 8.78 Å². The van der Waals surface area contributed by atoms with Crippen LogP contribution in [-0.2, 0) is 6.54 Å². The number of hydrogen-bond donors (Lipinski definition) is 1. The fourth-order valence-corrected chi connectivity index (χ4v) is 2.22. The third-order valence-corrected chi connectivity index (χ3v) is 3.72. The van der Waals surface area contributed by atoms with Gasteiger partial charge in [-0.1, -0.05) is 44.2 Å². The SMILES string of the molecule is CC(C)c1ccc(C(C)NCc2ccc(F)cc2F)cc1. The molecule has 0 spiro atoms. The van der Waals surface area contributed by atoms with Gasteiger partial charge in [0.2, 0.25) is 0 Å². The first kappa shape index (κ1) is 15.6. The molecule has 0 heterocycles. The summed E-state index contributed by atoms with van der Waals surface area (Å²) < 4.78 is 26.4. The highest BCUT2D eigenvalue weighted by Gasteiger charge is 2.08. The van der Waals surface area contributed by atoms with E-state index in [0.717, 1.165) is 11.6 Å². The molecule has 0 amide bonds. The van der Waals surface area contributed by atoms with Crippen LogP contribution in [0.4, 0.5) is 8.78 Å². The minimum atomic E-state index is -0.548. The lowest BCUT2D eigenvalue weighted by molar-refractivity contribution is 0.533. The highest BCUT2D eigenvalue weighted by atomic mass is 19.1. The maximum absolute atomic E-state index is 13.6. The van der Waals surface area contributed by atoms with E-state index in [-0.39, 0.29) is 6.04 Å². The largest absolute Gasteiger partial charge is 0.306 e. The van der Waals surface area contributed by atoms with E-state index >= 15 is 0 Å². The van der Waals surface area contributed by atoms with Crippen molar-refractivity contribution in [1.82, 2.24) is 5.32 Å². The third kappa shape index (κ3) is 4.11. The van der Waals surface area contributed by atoms with Gasteiger partial charge in [0.25, 0.3) is 0 Å². The molecule has 0 fully saturated rings. The topological polar surface area (TPSA) is 12.0 Å². The summed E-state index contributed by atoms with van der Waals surface area (Å²) in [6.07, 6.45) is 0. The molecule has 2 rings (SSSR count). The van der Waals surface area contributed by atoms with Crippen LogP contribution in [0.3, 0.4) is 0 Å². The Kier molecular flexibility index (Phi) is 5.07. The lowest BCUT2D eigenvalue weighted by Gasteiger charge is -2.16. The van der Waals surface area contributed by atoms with E-state index in [1.54, 1.807) is 0 Å². The monoisotopic (exact) mass is 289 g/mol. The van der Waals surface area contributed by atoms with E-state index in [2.05, 4.69) is 43.4 Å². The summed E-state index contributed by atoms with van der Waals surface area (Å²) in [5, 5.41) is 3.26. The van der Waals surface area contributed by atoms with Crippen molar-refractivity contribution in [2.45, 2.75) is 39.3 Å². The molecule has 0 bridgehead atoms. The fourth-order valence-electron chi connectivity index (χ4n) is 2.22. The Morgan fingerprint density at radius 3 is 2.10 bits per heavy atom. The van der Waals surface area contributed by atoms with Crippen LogP contribution in [0, 0.1) is 11.6 Å². The summed E-state index contributed by atoms with van der Waals surface area (Å²) >= 11 is 0. The van der Waals surface area contributed by atoms with E-state index in [9.17, 15) is 8.78 Å². The molecule has 1 unspecified atom stereocenters. The summed E-state index contributed by atoms with van der Waals surface area (Å²) in [4.78, 5) is 0. The number of hydrogen-bond acceptors (Lipinski definition) is 1. The minimum Gasteiger partial charge on any atom is -0.306 e. The molecule has 112 valence electrons. The second kappa shape index (κ2) is 6.81. The highest BCUT2D eigenvalue weighted by molar-refractivity contribution is 5.27. The average molecular weight is 289 g/mol. The predicted octanol–water partition coefficient (Wildman–Crippen LogP) is 4.94. The maximum atomic E-state index is 13.6. The normalized spacial score (nSPS) is 12.7. The Hall–Kier alpha value is -1.74. The maximum Gasteiger partial charge on any atom is 0.130 e. The Morgan fingerprint density at radius 2 is 1.52 bits per heavy atom. The van der Waals surface area contributed by atoms with Gasteiger partial charge in [0.15, 0.2) is 0 Å². The van der Waals surface area contributed by atoms with E-state index in [4.69, 9.17) is 0 Å². The lowest BCUT2D eigenvalue weighted by Crippen LogP contribution is -2.18. The number of benzene rings is 2.